The van der Waals surface area contributed by atoms with Gasteiger partial charge in [0.25, 0.3) is 0 Å². The molecule has 12 heavy (non-hydrogen) atoms. The molecule has 0 aromatic rings. The average Bonchev–Trinajstić information content (AvgIpc) is 2.86. The molecule has 1 saturated carbocycles. The van der Waals surface area contributed by atoms with E-state index in [2.05, 4.69) is 18.7 Å². The molecule has 0 aromatic carbocycles. The minimum atomic E-state index is 0.948. The van der Waals surface area contributed by atoms with Gasteiger partial charge in [0.2, 0.25) is 0 Å². The molecule has 0 spiro atoms. The van der Waals surface area contributed by atoms with Crippen molar-refractivity contribution in [2.24, 2.45) is 11.8 Å². The molecule has 0 bridgehead atoms. The maximum Gasteiger partial charge on any atom is 0.00965 e. The van der Waals surface area contributed by atoms with Crippen LogP contribution in [0, 0.1) is 11.8 Å². The molecular weight excluding hydrogens is 146 g/mol. The average molecular weight is 167 g/mol. The normalized spacial score (nSPS) is 38.5. The van der Waals surface area contributed by atoms with Gasteiger partial charge in [-0.05, 0) is 37.6 Å². The van der Waals surface area contributed by atoms with Crippen LogP contribution < -0.4 is 0 Å². The summed E-state index contributed by atoms with van der Waals surface area (Å²) in [5.41, 5.74) is 0. The second-order valence-corrected chi connectivity index (χ2v) is 4.66. The molecule has 1 nitrogen and oxygen atoms in total. The topological polar surface area (TPSA) is 3.24 Å². The fourth-order valence-corrected chi connectivity index (χ4v) is 2.60. The summed E-state index contributed by atoms with van der Waals surface area (Å²) in [7, 11) is 0. The van der Waals surface area contributed by atoms with Crippen LogP contribution >= 0.6 is 0 Å². The van der Waals surface area contributed by atoms with Crippen LogP contribution in [0.2, 0.25) is 0 Å². The second-order valence-electron chi connectivity index (χ2n) is 4.66. The van der Waals surface area contributed by atoms with Gasteiger partial charge in [-0.3, -0.25) is 0 Å². The number of nitrogens with zero attached hydrogens (tertiary/aromatic N) is 1. The van der Waals surface area contributed by atoms with Gasteiger partial charge in [0.1, 0.15) is 0 Å². The maximum absolute atomic E-state index is 2.72. The Balaban J connectivity index is 1.84. The van der Waals surface area contributed by atoms with Crippen LogP contribution in [-0.2, 0) is 0 Å². The molecule has 0 amide bonds. The molecule has 0 aromatic heterocycles. The van der Waals surface area contributed by atoms with Crippen LogP contribution in [0.4, 0.5) is 0 Å². The van der Waals surface area contributed by atoms with Crippen molar-refractivity contribution in [2.45, 2.75) is 45.6 Å². The van der Waals surface area contributed by atoms with E-state index in [9.17, 15) is 0 Å². The third-order valence-electron chi connectivity index (χ3n) is 3.70. The molecule has 70 valence electrons. The van der Waals surface area contributed by atoms with Gasteiger partial charge >= 0.3 is 0 Å². The Kier molecular flexibility index (Phi) is 2.40. The van der Waals surface area contributed by atoms with Crippen LogP contribution in [-0.4, -0.2) is 24.0 Å². The lowest BCUT2D eigenvalue weighted by molar-refractivity contribution is 0.120. The Morgan fingerprint density at radius 1 is 1.25 bits per heavy atom. The van der Waals surface area contributed by atoms with E-state index < -0.39 is 0 Å². The van der Waals surface area contributed by atoms with E-state index in [1.807, 2.05) is 0 Å². The van der Waals surface area contributed by atoms with Crippen LogP contribution in [0.15, 0.2) is 0 Å². The molecule has 1 aliphatic heterocycles. The lowest BCUT2D eigenvalue weighted by Crippen LogP contribution is -2.40. The summed E-state index contributed by atoms with van der Waals surface area (Å²) < 4.78 is 0. The first-order chi connectivity index (χ1) is 5.81. The van der Waals surface area contributed by atoms with Crippen molar-refractivity contribution in [3.05, 3.63) is 0 Å². The summed E-state index contributed by atoms with van der Waals surface area (Å²) in [5.74, 6) is 1.96. The third-order valence-corrected chi connectivity index (χ3v) is 3.70. The lowest BCUT2D eigenvalue weighted by atomic mass is 9.85. The minimum Gasteiger partial charge on any atom is -0.300 e. The highest BCUT2D eigenvalue weighted by Crippen LogP contribution is 2.33. The molecule has 0 unspecified atom stereocenters. The summed E-state index contributed by atoms with van der Waals surface area (Å²) in [5, 5.41) is 0. The van der Waals surface area contributed by atoms with Gasteiger partial charge < -0.3 is 4.90 Å². The van der Waals surface area contributed by atoms with Gasteiger partial charge in [-0.15, -0.1) is 0 Å². The highest BCUT2D eigenvalue weighted by atomic mass is 15.2. The highest BCUT2D eigenvalue weighted by Gasteiger charge is 2.34. The number of hydrogen-bond acceptors (Lipinski definition) is 1. The van der Waals surface area contributed by atoms with Gasteiger partial charge in [0.05, 0.1) is 0 Å². The van der Waals surface area contributed by atoms with Crippen LogP contribution in [0.25, 0.3) is 0 Å². The molecule has 1 saturated heterocycles. The van der Waals surface area contributed by atoms with Crippen molar-refractivity contribution < 1.29 is 0 Å². The first-order valence-corrected chi connectivity index (χ1v) is 5.55. The Morgan fingerprint density at radius 3 is 2.50 bits per heavy atom. The monoisotopic (exact) mass is 167 g/mol. The smallest absolute Gasteiger partial charge is 0.00965 e. The first kappa shape index (κ1) is 8.55. The zero-order chi connectivity index (χ0) is 8.55. The van der Waals surface area contributed by atoms with Crippen molar-refractivity contribution in [3.63, 3.8) is 0 Å². The molecule has 1 heteroatoms. The van der Waals surface area contributed by atoms with Gasteiger partial charge in [0, 0.05) is 12.6 Å². The molecule has 2 atom stereocenters. The van der Waals surface area contributed by atoms with E-state index >= 15 is 0 Å². The summed E-state index contributed by atoms with van der Waals surface area (Å²) in [6, 6.07) is 0.991. The molecule has 1 aliphatic carbocycles. The fraction of sp³-hybridized carbons (Fsp3) is 1.00. The maximum atomic E-state index is 2.72. The molecule has 1 heterocycles. The van der Waals surface area contributed by atoms with Crippen molar-refractivity contribution in [1.29, 1.82) is 0 Å². The van der Waals surface area contributed by atoms with Crippen LogP contribution in [0.5, 0.6) is 0 Å². The standard InChI is InChI=1S/C11H21N/c1-3-10-6-7-12(8-9(10)2)11-4-5-11/h9-11H,3-8H2,1-2H3/t9-,10-/m1/s1. The Bertz CT molecular complexity index is 151. The van der Waals surface area contributed by atoms with Crippen LogP contribution in [0.1, 0.15) is 39.5 Å². The van der Waals surface area contributed by atoms with Gasteiger partial charge in [-0.25, -0.2) is 0 Å². The first-order valence-electron chi connectivity index (χ1n) is 5.55. The Hall–Kier alpha value is -0.0400. The zero-order valence-corrected chi connectivity index (χ0v) is 8.42. The predicted molar refractivity (Wildman–Crippen MR) is 52.2 cm³/mol. The third kappa shape index (κ3) is 1.66. The van der Waals surface area contributed by atoms with E-state index in [-0.39, 0.29) is 0 Å². The van der Waals surface area contributed by atoms with E-state index in [0.717, 1.165) is 17.9 Å². The number of piperidine rings is 1. The predicted octanol–water partition coefficient (Wildman–Crippen LogP) is 2.52. The number of rotatable bonds is 2. The summed E-state index contributed by atoms with van der Waals surface area (Å²) >= 11 is 0. The molecular formula is C11H21N. The molecule has 2 fully saturated rings. The largest absolute Gasteiger partial charge is 0.300 e. The van der Waals surface area contributed by atoms with E-state index in [1.165, 1.54) is 38.8 Å². The Morgan fingerprint density at radius 2 is 2.00 bits per heavy atom. The van der Waals surface area contributed by atoms with Crippen molar-refractivity contribution >= 4 is 0 Å². The van der Waals surface area contributed by atoms with Crippen LogP contribution in [0.3, 0.4) is 0 Å². The van der Waals surface area contributed by atoms with E-state index in [0.29, 0.717) is 0 Å². The van der Waals surface area contributed by atoms with Gasteiger partial charge in [0.15, 0.2) is 0 Å². The van der Waals surface area contributed by atoms with Crippen molar-refractivity contribution in [1.82, 2.24) is 4.90 Å². The molecule has 2 aliphatic rings. The number of likely N-dealkylation sites (tertiary alicyclic amines) is 1. The quantitative estimate of drug-likeness (QED) is 0.611. The van der Waals surface area contributed by atoms with Gasteiger partial charge in [-0.1, -0.05) is 20.3 Å². The summed E-state index contributed by atoms with van der Waals surface area (Å²) in [6.07, 6.45) is 5.79. The number of hydrogen-bond donors (Lipinski definition) is 0. The second kappa shape index (κ2) is 3.37. The van der Waals surface area contributed by atoms with Crippen molar-refractivity contribution in [2.75, 3.05) is 13.1 Å². The highest BCUT2D eigenvalue weighted by molar-refractivity contribution is 4.88. The lowest BCUT2D eigenvalue weighted by Gasteiger charge is -2.36. The fourth-order valence-electron chi connectivity index (χ4n) is 2.60. The SMILES string of the molecule is CC[C@@H]1CCN(C2CC2)C[C@H]1C. The van der Waals surface area contributed by atoms with E-state index in [4.69, 9.17) is 0 Å². The minimum absolute atomic E-state index is 0.948. The molecule has 0 radical (unpaired) electrons. The zero-order valence-electron chi connectivity index (χ0n) is 8.42. The Labute approximate surface area is 76.1 Å². The van der Waals surface area contributed by atoms with Gasteiger partial charge in [-0.2, -0.15) is 0 Å². The van der Waals surface area contributed by atoms with E-state index in [1.54, 1.807) is 0 Å². The molecule has 2 rings (SSSR count). The summed E-state index contributed by atoms with van der Waals surface area (Å²) in [6.45, 7) is 7.54. The molecule has 0 N–H and O–H groups in total. The summed E-state index contributed by atoms with van der Waals surface area (Å²) in [4.78, 5) is 2.72. The van der Waals surface area contributed by atoms with Crippen molar-refractivity contribution in [3.8, 4) is 0 Å².